The van der Waals surface area contributed by atoms with Crippen molar-refractivity contribution in [2.24, 2.45) is 0 Å². The van der Waals surface area contributed by atoms with E-state index in [2.05, 4.69) is 11.5 Å². The molecule has 3 aliphatic rings. The molecule has 1 aromatic rings. The zero-order chi connectivity index (χ0) is 23.4. The quantitative estimate of drug-likeness (QED) is 0.635. The summed E-state index contributed by atoms with van der Waals surface area (Å²) in [7, 11) is 1.60. The minimum Gasteiger partial charge on any atom is -0.383 e. The number of rotatable bonds is 7. The van der Waals surface area contributed by atoms with E-state index >= 15 is 0 Å². The predicted octanol–water partition coefficient (Wildman–Crippen LogP) is 2.04. The fourth-order valence-electron chi connectivity index (χ4n) is 4.25. The lowest BCUT2D eigenvalue weighted by Gasteiger charge is -2.33. The fourth-order valence-corrected chi connectivity index (χ4v) is 4.25. The number of carbonyl (C=O) groups excluding carboxylic acids is 3. The van der Waals surface area contributed by atoms with Gasteiger partial charge in [0.05, 0.1) is 42.7 Å². The molecule has 3 aliphatic heterocycles. The zero-order valence-electron chi connectivity index (χ0n) is 18.6. The van der Waals surface area contributed by atoms with Crippen LogP contribution in [0, 0.1) is 0 Å². The van der Waals surface area contributed by atoms with Crippen LogP contribution in [0.2, 0.25) is 0 Å². The van der Waals surface area contributed by atoms with Crippen molar-refractivity contribution < 1.29 is 23.5 Å². The molecule has 1 N–H and O–H groups in total. The van der Waals surface area contributed by atoms with Crippen molar-refractivity contribution in [1.82, 2.24) is 20.2 Å². The van der Waals surface area contributed by atoms with Gasteiger partial charge in [-0.15, -0.1) is 0 Å². The topological polar surface area (TPSA) is 82.2 Å². The first-order chi connectivity index (χ1) is 16.0. The normalized spacial score (nSPS) is 22.3. The highest BCUT2D eigenvalue weighted by molar-refractivity contribution is 6.21. The summed E-state index contributed by atoms with van der Waals surface area (Å²) in [5, 5.41) is 1.66. The van der Waals surface area contributed by atoms with Crippen LogP contribution in [0.5, 0.6) is 0 Å². The highest BCUT2D eigenvalue weighted by atomic mass is 19.1. The van der Waals surface area contributed by atoms with Crippen LogP contribution in [0.25, 0.3) is 0 Å². The number of amides is 3. The Morgan fingerprint density at radius 1 is 1.12 bits per heavy atom. The number of piperidine rings is 1. The SMILES string of the molecule is COCCN1CCC2=C\CCNN(C/C(=C/F)CN3C(=O)c4ccccc4C3=O)/C=C\2C1=O. The molecule has 0 unspecified atom stereocenters. The molecule has 1 saturated heterocycles. The average Bonchev–Trinajstić information content (AvgIpc) is 3.05. The van der Waals surface area contributed by atoms with Crippen LogP contribution in [0.4, 0.5) is 4.39 Å². The number of hydrazine groups is 1. The van der Waals surface area contributed by atoms with Crippen LogP contribution in [0.15, 0.2) is 59.6 Å². The first-order valence-electron chi connectivity index (χ1n) is 11.0. The third-order valence-corrected chi connectivity index (χ3v) is 5.98. The maximum Gasteiger partial charge on any atom is 0.261 e. The van der Waals surface area contributed by atoms with Crippen LogP contribution in [0.3, 0.4) is 0 Å². The first kappa shape index (κ1) is 22.9. The highest BCUT2D eigenvalue weighted by Gasteiger charge is 2.35. The van der Waals surface area contributed by atoms with Gasteiger partial charge in [0.25, 0.3) is 17.7 Å². The molecule has 0 atom stereocenters. The van der Waals surface area contributed by atoms with Gasteiger partial charge < -0.3 is 14.6 Å². The van der Waals surface area contributed by atoms with Gasteiger partial charge in [0.15, 0.2) is 0 Å². The molecule has 0 aliphatic carbocycles. The lowest BCUT2D eigenvalue weighted by Crippen LogP contribution is -2.43. The molecule has 33 heavy (non-hydrogen) atoms. The maximum atomic E-state index is 13.9. The summed E-state index contributed by atoms with van der Waals surface area (Å²) in [6.07, 6.45) is 5.65. The number of nitrogens with one attached hydrogen (secondary N) is 1. The molecule has 1 aromatic carbocycles. The number of hydrogen-bond donors (Lipinski definition) is 1. The van der Waals surface area contributed by atoms with E-state index in [-0.39, 0.29) is 24.6 Å². The zero-order valence-corrected chi connectivity index (χ0v) is 18.6. The number of carbonyl (C=O) groups is 3. The summed E-state index contributed by atoms with van der Waals surface area (Å²) in [5.74, 6) is -0.963. The number of halogens is 1. The molecule has 3 heterocycles. The molecular formula is C24H27FN4O4. The lowest BCUT2D eigenvalue weighted by molar-refractivity contribution is -0.128. The summed E-state index contributed by atoms with van der Waals surface area (Å²) in [4.78, 5) is 41.1. The minimum atomic E-state index is -0.435. The Labute approximate surface area is 191 Å². The number of imide groups is 1. The summed E-state index contributed by atoms with van der Waals surface area (Å²) in [6.45, 7) is 2.11. The number of likely N-dealkylation sites (tertiary alicyclic amines) is 1. The van der Waals surface area contributed by atoms with Gasteiger partial charge in [-0.3, -0.25) is 19.3 Å². The van der Waals surface area contributed by atoms with Gasteiger partial charge >= 0.3 is 0 Å². The van der Waals surface area contributed by atoms with Gasteiger partial charge in [-0.1, -0.05) is 18.2 Å². The van der Waals surface area contributed by atoms with E-state index in [1.807, 2.05) is 0 Å². The molecule has 8 nitrogen and oxygen atoms in total. The van der Waals surface area contributed by atoms with Crippen molar-refractivity contribution in [3.05, 3.63) is 70.7 Å². The minimum absolute atomic E-state index is 0.0754. The van der Waals surface area contributed by atoms with E-state index < -0.39 is 11.8 Å². The highest BCUT2D eigenvalue weighted by Crippen LogP contribution is 2.26. The summed E-state index contributed by atoms with van der Waals surface area (Å²) < 4.78 is 19.0. The van der Waals surface area contributed by atoms with Gasteiger partial charge in [-0.2, -0.15) is 0 Å². The second-order valence-corrected chi connectivity index (χ2v) is 8.14. The van der Waals surface area contributed by atoms with Crippen LogP contribution in [-0.2, 0) is 9.53 Å². The van der Waals surface area contributed by atoms with Crippen molar-refractivity contribution in [2.45, 2.75) is 12.8 Å². The molecule has 0 bridgehead atoms. The van der Waals surface area contributed by atoms with Gasteiger partial charge in [-0.05, 0) is 36.1 Å². The molecule has 0 radical (unpaired) electrons. The van der Waals surface area contributed by atoms with Crippen molar-refractivity contribution in [2.75, 3.05) is 46.4 Å². The largest absolute Gasteiger partial charge is 0.383 e. The Hall–Kier alpha value is -3.30. The molecule has 174 valence electrons. The van der Waals surface area contributed by atoms with Crippen LogP contribution >= 0.6 is 0 Å². The first-order valence-corrected chi connectivity index (χ1v) is 11.0. The van der Waals surface area contributed by atoms with Gasteiger partial charge in [0, 0.05) is 32.9 Å². The predicted molar refractivity (Wildman–Crippen MR) is 120 cm³/mol. The van der Waals surface area contributed by atoms with Gasteiger partial charge in [0.2, 0.25) is 0 Å². The molecule has 4 rings (SSSR count). The smallest absolute Gasteiger partial charge is 0.261 e. The molecular weight excluding hydrogens is 427 g/mol. The Bertz CT molecular complexity index is 1010. The van der Waals surface area contributed by atoms with Crippen molar-refractivity contribution in [3.8, 4) is 0 Å². The molecule has 0 saturated carbocycles. The second kappa shape index (κ2) is 10.1. The molecule has 9 heteroatoms. The van der Waals surface area contributed by atoms with Gasteiger partial charge in [-0.25, -0.2) is 9.82 Å². The van der Waals surface area contributed by atoms with Crippen molar-refractivity contribution in [3.63, 3.8) is 0 Å². The summed E-state index contributed by atoms with van der Waals surface area (Å²) >= 11 is 0. The maximum absolute atomic E-state index is 13.9. The Morgan fingerprint density at radius 2 is 1.85 bits per heavy atom. The third kappa shape index (κ3) is 4.74. The van der Waals surface area contributed by atoms with Gasteiger partial charge in [0.1, 0.15) is 0 Å². The third-order valence-electron chi connectivity index (χ3n) is 5.98. The number of benzene rings is 1. The number of hydrogen-bond acceptors (Lipinski definition) is 6. The van der Waals surface area contributed by atoms with E-state index in [1.54, 1.807) is 47.5 Å². The molecule has 0 spiro atoms. The Morgan fingerprint density at radius 3 is 2.52 bits per heavy atom. The second-order valence-electron chi connectivity index (χ2n) is 8.14. The van der Waals surface area contributed by atoms with E-state index in [1.165, 1.54) is 0 Å². The van der Waals surface area contributed by atoms with E-state index in [4.69, 9.17) is 4.74 Å². The van der Waals surface area contributed by atoms with Crippen molar-refractivity contribution in [1.29, 1.82) is 0 Å². The van der Waals surface area contributed by atoms with E-state index in [0.717, 1.165) is 23.3 Å². The Kier molecular flexibility index (Phi) is 7.00. The molecule has 0 aromatic heterocycles. The summed E-state index contributed by atoms with van der Waals surface area (Å²) in [6, 6.07) is 6.57. The number of methoxy groups -OCH3 is 1. The lowest BCUT2D eigenvalue weighted by atomic mass is 9.96. The molecule has 3 amide bonds. The number of ether oxygens (including phenoxy) is 1. The number of fused-ring (bicyclic) bond motifs is 2. The van der Waals surface area contributed by atoms with E-state index in [9.17, 15) is 18.8 Å². The Balaban J connectivity index is 1.50. The fraction of sp³-hybridized carbons (Fsp3) is 0.375. The van der Waals surface area contributed by atoms with Crippen LogP contribution in [-0.4, -0.2) is 79.0 Å². The standard InChI is InChI=1S/C24H27FN4O4/c1-33-12-11-27-10-8-18-5-4-9-26-28(16-21(18)22(27)30)14-17(13-25)15-29-23(31)19-6-2-3-7-20(19)24(29)32/h2-3,5-7,13,16,26H,4,8-12,14-15H2,1H3/b17-13-,18-5+,21-16+. The monoisotopic (exact) mass is 454 g/mol. The molecule has 1 fully saturated rings. The average molecular weight is 455 g/mol. The van der Waals surface area contributed by atoms with E-state index in [0.29, 0.717) is 49.3 Å². The summed E-state index contributed by atoms with van der Waals surface area (Å²) in [5.41, 5.74) is 5.61. The van der Waals surface area contributed by atoms with Crippen molar-refractivity contribution >= 4 is 17.7 Å². The van der Waals surface area contributed by atoms with Crippen LogP contribution in [0.1, 0.15) is 33.6 Å². The number of nitrogens with zero attached hydrogens (tertiary/aromatic N) is 3. The van der Waals surface area contributed by atoms with Crippen LogP contribution < -0.4 is 5.43 Å².